The van der Waals surface area contributed by atoms with Crippen LogP contribution in [0.4, 0.5) is 5.69 Å². The van der Waals surface area contributed by atoms with Gasteiger partial charge >= 0.3 is 5.97 Å². The SMILES string of the molecule is O=C(CCNC(=O)c1ccc([N+](=O)[O-])cc1)OCc1cccc2ccccc12. The van der Waals surface area contributed by atoms with Gasteiger partial charge in [0, 0.05) is 24.2 Å². The van der Waals surface area contributed by atoms with Crippen molar-refractivity contribution in [1.82, 2.24) is 5.32 Å². The molecule has 3 aromatic carbocycles. The maximum absolute atomic E-state index is 12.0. The third-order valence-corrected chi connectivity index (χ3v) is 4.22. The molecule has 1 N–H and O–H groups in total. The molecular formula is C21H18N2O5. The number of esters is 1. The summed E-state index contributed by atoms with van der Waals surface area (Å²) in [6, 6.07) is 18.9. The van der Waals surface area contributed by atoms with E-state index in [1.54, 1.807) is 0 Å². The molecule has 0 heterocycles. The largest absolute Gasteiger partial charge is 0.461 e. The number of nitro groups is 1. The maximum Gasteiger partial charge on any atom is 0.307 e. The number of nitrogens with one attached hydrogen (secondary N) is 1. The number of carbonyl (C=O) groups is 2. The molecule has 28 heavy (non-hydrogen) atoms. The fourth-order valence-corrected chi connectivity index (χ4v) is 2.76. The zero-order valence-electron chi connectivity index (χ0n) is 15.0. The van der Waals surface area contributed by atoms with Crippen LogP contribution >= 0.6 is 0 Å². The van der Waals surface area contributed by atoms with E-state index in [1.807, 2.05) is 42.5 Å². The predicted octanol–water partition coefficient (Wildman–Crippen LogP) is 3.61. The number of benzene rings is 3. The minimum absolute atomic E-state index is 0.0312. The van der Waals surface area contributed by atoms with Crippen molar-refractivity contribution in [2.24, 2.45) is 0 Å². The van der Waals surface area contributed by atoms with Gasteiger partial charge < -0.3 is 10.1 Å². The van der Waals surface area contributed by atoms with E-state index in [-0.39, 0.29) is 30.8 Å². The number of rotatable bonds is 7. The number of non-ortho nitro benzene ring substituents is 1. The Balaban J connectivity index is 1.46. The summed E-state index contributed by atoms with van der Waals surface area (Å²) in [5.41, 5.74) is 1.12. The van der Waals surface area contributed by atoms with Crippen molar-refractivity contribution in [3.8, 4) is 0 Å². The lowest BCUT2D eigenvalue weighted by Gasteiger charge is -2.09. The number of hydrogen-bond acceptors (Lipinski definition) is 5. The Labute approximate surface area is 161 Å². The van der Waals surface area contributed by atoms with Gasteiger partial charge in [0.25, 0.3) is 11.6 Å². The molecule has 0 radical (unpaired) electrons. The van der Waals surface area contributed by atoms with Crippen LogP contribution in [0.15, 0.2) is 66.7 Å². The monoisotopic (exact) mass is 378 g/mol. The normalized spacial score (nSPS) is 10.4. The predicted molar refractivity (Wildman–Crippen MR) is 104 cm³/mol. The van der Waals surface area contributed by atoms with Gasteiger partial charge in [0.15, 0.2) is 0 Å². The van der Waals surface area contributed by atoms with Crippen LogP contribution in [0, 0.1) is 10.1 Å². The Bertz CT molecular complexity index is 1010. The third kappa shape index (κ3) is 4.70. The van der Waals surface area contributed by atoms with E-state index in [2.05, 4.69) is 5.32 Å². The first-order valence-corrected chi connectivity index (χ1v) is 8.69. The topological polar surface area (TPSA) is 98.5 Å². The van der Waals surface area contributed by atoms with Crippen molar-refractivity contribution in [3.05, 3.63) is 88.0 Å². The van der Waals surface area contributed by atoms with E-state index in [9.17, 15) is 19.7 Å². The average molecular weight is 378 g/mol. The summed E-state index contributed by atoms with van der Waals surface area (Å²) in [4.78, 5) is 34.0. The average Bonchev–Trinajstić information content (AvgIpc) is 2.72. The van der Waals surface area contributed by atoms with Gasteiger partial charge in [-0.25, -0.2) is 0 Å². The lowest BCUT2D eigenvalue weighted by atomic mass is 10.1. The van der Waals surface area contributed by atoms with Crippen molar-refractivity contribution in [1.29, 1.82) is 0 Å². The van der Waals surface area contributed by atoms with Gasteiger partial charge in [0.05, 0.1) is 11.3 Å². The Kier molecular flexibility index (Phi) is 5.96. The highest BCUT2D eigenvalue weighted by atomic mass is 16.6. The molecule has 0 bridgehead atoms. The summed E-state index contributed by atoms with van der Waals surface area (Å²) in [6.07, 6.45) is 0.0312. The Morgan fingerprint density at radius 1 is 0.964 bits per heavy atom. The Morgan fingerprint density at radius 2 is 1.68 bits per heavy atom. The summed E-state index contributed by atoms with van der Waals surface area (Å²) in [7, 11) is 0. The van der Waals surface area contributed by atoms with Gasteiger partial charge in [-0.1, -0.05) is 42.5 Å². The molecule has 0 fully saturated rings. The molecule has 142 valence electrons. The lowest BCUT2D eigenvalue weighted by molar-refractivity contribution is -0.384. The number of amides is 1. The molecule has 1 amide bonds. The van der Waals surface area contributed by atoms with Crippen LogP contribution in [0.25, 0.3) is 10.8 Å². The zero-order chi connectivity index (χ0) is 19.9. The van der Waals surface area contributed by atoms with Crippen molar-refractivity contribution >= 4 is 28.3 Å². The molecule has 7 heteroatoms. The van der Waals surface area contributed by atoms with E-state index in [0.717, 1.165) is 16.3 Å². The van der Waals surface area contributed by atoms with Crippen molar-refractivity contribution in [3.63, 3.8) is 0 Å². The van der Waals surface area contributed by atoms with Gasteiger partial charge in [0.2, 0.25) is 0 Å². The second-order valence-corrected chi connectivity index (χ2v) is 6.11. The number of nitrogens with zero attached hydrogens (tertiary/aromatic N) is 1. The Morgan fingerprint density at radius 3 is 2.43 bits per heavy atom. The van der Waals surface area contributed by atoms with Crippen molar-refractivity contribution < 1.29 is 19.2 Å². The number of nitro benzene ring substituents is 1. The minimum Gasteiger partial charge on any atom is -0.461 e. The molecule has 0 aliphatic carbocycles. The van der Waals surface area contributed by atoms with Crippen molar-refractivity contribution in [2.75, 3.05) is 6.54 Å². The fourth-order valence-electron chi connectivity index (χ4n) is 2.76. The highest BCUT2D eigenvalue weighted by Gasteiger charge is 2.11. The molecule has 7 nitrogen and oxygen atoms in total. The summed E-state index contributed by atoms with van der Waals surface area (Å²) in [5.74, 6) is -0.825. The van der Waals surface area contributed by atoms with E-state index in [4.69, 9.17) is 4.74 Å². The number of ether oxygens (including phenoxy) is 1. The highest BCUT2D eigenvalue weighted by Crippen LogP contribution is 2.19. The summed E-state index contributed by atoms with van der Waals surface area (Å²) < 4.78 is 5.30. The zero-order valence-corrected chi connectivity index (χ0v) is 15.0. The maximum atomic E-state index is 12.0. The summed E-state index contributed by atoms with van der Waals surface area (Å²) in [5, 5.41) is 15.3. The summed E-state index contributed by atoms with van der Waals surface area (Å²) in [6.45, 7) is 0.278. The molecule has 3 aromatic rings. The first-order valence-electron chi connectivity index (χ1n) is 8.69. The van der Waals surface area contributed by atoms with Gasteiger partial charge in [-0.05, 0) is 28.5 Å². The highest BCUT2D eigenvalue weighted by molar-refractivity contribution is 5.94. The molecule has 0 aliphatic rings. The number of carbonyl (C=O) groups excluding carboxylic acids is 2. The third-order valence-electron chi connectivity index (χ3n) is 4.22. The van der Waals surface area contributed by atoms with Crippen molar-refractivity contribution in [2.45, 2.75) is 13.0 Å². The van der Waals surface area contributed by atoms with Gasteiger partial charge in [-0.2, -0.15) is 0 Å². The first-order chi connectivity index (χ1) is 13.5. The lowest BCUT2D eigenvalue weighted by Crippen LogP contribution is -2.26. The van der Waals surface area contributed by atoms with Gasteiger partial charge in [0.1, 0.15) is 6.61 Å². The van der Waals surface area contributed by atoms with E-state index >= 15 is 0 Å². The summed E-state index contributed by atoms with van der Waals surface area (Å²) >= 11 is 0. The molecule has 0 unspecified atom stereocenters. The van der Waals surface area contributed by atoms with Gasteiger partial charge in [-0.15, -0.1) is 0 Å². The van der Waals surface area contributed by atoms with Crippen LogP contribution in [0.2, 0.25) is 0 Å². The quantitative estimate of drug-likeness (QED) is 0.385. The van der Waals surface area contributed by atoms with E-state index in [0.29, 0.717) is 0 Å². The second kappa shape index (κ2) is 8.77. The molecular weight excluding hydrogens is 360 g/mol. The molecule has 0 saturated heterocycles. The Hall–Kier alpha value is -3.74. The molecule has 0 saturated carbocycles. The van der Waals surface area contributed by atoms with Crippen LogP contribution in [0.1, 0.15) is 22.3 Å². The van der Waals surface area contributed by atoms with Crippen LogP contribution in [-0.4, -0.2) is 23.3 Å². The minimum atomic E-state index is -0.534. The van der Waals surface area contributed by atoms with Gasteiger partial charge in [-0.3, -0.25) is 19.7 Å². The smallest absolute Gasteiger partial charge is 0.307 e. The molecule has 0 aromatic heterocycles. The standard InChI is InChI=1S/C21H18N2O5/c24-20(28-14-17-6-3-5-15-4-1-2-7-19(15)17)12-13-22-21(25)16-8-10-18(11-9-16)23(26)27/h1-11H,12-14H2,(H,22,25). The van der Waals surface area contributed by atoms with Crippen LogP contribution in [0.3, 0.4) is 0 Å². The molecule has 3 rings (SSSR count). The van der Waals surface area contributed by atoms with Crippen LogP contribution < -0.4 is 5.32 Å². The van der Waals surface area contributed by atoms with Crippen LogP contribution in [-0.2, 0) is 16.1 Å². The molecule has 0 spiro atoms. The van der Waals surface area contributed by atoms with E-state index < -0.39 is 16.8 Å². The van der Waals surface area contributed by atoms with E-state index in [1.165, 1.54) is 24.3 Å². The van der Waals surface area contributed by atoms with Crippen LogP contribution in [0.5, 0.6) is 0 Å². The second-order valence-electron chi connectivity index (χ2n) is 6.11. The number of fused-ring (bicyclic) bond motifs is 1. The number of hydrogen-bond donors (Lipinski definition) is 1. The molecule has 0 aliphatic heterocycles. The first kappa shape index (κ1) is 19.0. The fraction of sp³-hybridized carbons (Fsp3) is 0.143. The molecule has 0 atom stereocenters.